The summed E-state index contributed by atoms with van der Waals surface area (Å²) in [5.74, 6) is 0.535. The van der Waals surface area contributed by atoms with E-state index in [1.807, 2.05) is 44.2 Å². The third-order valence-corrected chi connectivity index (χ3v) is 5.21. The summed E-state index contributed by atoms with van der Waals surface area (Å²) in [7, 11) is 1.61. The number of rotatable bonds is 5. The molecule has 0 aliphatic heterocycles. The van der Waals surface area contributed by atoms with Gasteiger partial charge in [-0.3, -0.25) is 4.79 Å². The molecule has 0 atom stereocenters. The predicted molar refractivity (Wildman–Crippen MR) is 102 cm³/mol. The van der Waals surface area contributed by atoms with Crippen LogP contribution >= 0.6 is 0 Å². The van der Waals surface area contributed by atoms with Gasteiger partial charge in [0.25, 0.3) is 0 Å². The van der Waals surface area contributed by atoms with Gasteiger partial charge in [-0.05, 0) is 56.5 Å². The number of ether oxygens (including phenoxy) is 1. The molecule has 1 aliphatic carbocycles. The third kappa shape index (κ3) is 3.43. The highest BCUT2D eigenvalue weighted by Gasteiger charge is 2.24. The Bertz CT molecular complexity index is 876. The van der Waals surface area contributed by atoms with Crippen LogP contribution in [-0.4, -0.2) is 17.5 Å². The minimum atomic E-state index is -0.208. The zero-order chi connectivity index (χ0) is 18.7. The van der Waals surface area contributed by atoms with E-state index in [4.69, 9.17) is 4.74 Å². The standard InChI is InChI=1S/C22H24N2O2/c1-15-12-21(16(2)24(15)19-6-4-5-7-19)22(25)18(14-23)13-17-8-10-20(26-3)11-9-17/h8-13,19H,4-7H2,1-3H3. The number of nitrogens with zero attached hydrogens (tertiary/aromatic N) is 2. The van der Waals surface area contributed by atoms with Crippen molar-refractivity contribution in [2.24, 2.45) is 0 Å². The van der Waals surface area contributed by atoms with Gasteiger partial charge in [-0.15, -0.1) is 0 Å². The van der Waals surface area contributed by atoms with Crippen LogP contribution in [0, 0.1) is 25.2 Å². The molecule has 3 rings (SSSR count). The zero-order valence-corrected chi connectivity index (χ0v) is 15.6. The van der Waals surface area contributed by atoms with E-state index in [2.05, 4.69) is 10.6 Å². The first kappa shape index (κ1) is 18.0. The molecule has 1 aromatic carbocycles. The molecule has 1 heterocycles. The van der Waals surface area contributed by atoms with Gasteiger partial charge in [0.1, 0.15) is 17.4 Å². The van der Waals surface area contributed by atoms with E-state index in [1.54, 1.807) is 13.2 Å². The molecule has 4 heteroatoms. The summed E-state index contributed by atoms with van der Waals surface area (Å²) in [6, 6.07) is 11.8. The predicted octanol–water partition coefficient (Wildman–Crippen LogP) is 5.02. The van der Waals surface area contributed by atoms with Crippen LogP contribution in [0.3, 0.4) is 0 Å². The molecule has 1 saturated carbocycles. The lowest BCUT2D eigenvalue weighted by molar-refractivity contribution is 0.103. The van der Waals surface area contributed by atoms with E-state index in [0.29, 0.717) is 11.6 Å². The van der Waals surface area contributed by atoms with Gasteiger partial charge in [0.05, 0.1) is 7.11 Å². The number of aromatic nitrogens is 1. The fourth-order valence-corrected chi connectivity index (χ4v) is 3.89. The van der Waals surface area contributed by atoms with Crippen molar-refractivity contribution >= 4 is 11.9 Å². The Morgan fingerprint density at radius 2 is 1.88 bits per heavy atom. The van der Waals surface area contributed by atoms with Gasteiger partial charge in [-0.2, -0.15) is 5.26 Å². The van der Waals surface area contributed by atoms with E-state index < -0.39 is 0 Å². The molecule has 134 valence electrons. The lowest BCUT2D eigenvalue weighted by atomic mass is 10.0. The molecule has 0 N–H and O–H groups in total. The number of allylic oxidation sites excluding steroid dienone is 1. The van der Waals surface area contributed by atoms with Crippen molar-refractivity contribution in [2.75, 3.05) is 7.11 Å². The molecule has 1 fully saturated rings. The second-order valence-electron chi connectivity index (χ2n) is 6.87. The third-order valence-electron chi connectivity index (χ3n) is 5.21. The van der Waals surface area contributed by atoms with Gasteiger partial charge in [-0.1, -0.05) is 25.0 Å². The number of methoxy groups -OCH3 is 1. The molecule has 0 saturated heterocycles. The molecule has 0 bridgehead atoms. The van der Waals surface area contributed by atoms with Crippen molar-refractivity contribution in [3.63, 3.8) is 0 Å². The molecule has 4 nitrogen and oxygen atoms in total. The molecule has 1 aromatic heterocycles. The first-order valence-electron chi connectivity index (χ1n) is 9.04. The maximum atomic E-state index is 13.0. The second-order valence-corrected chi connectivity index (χ2v) is 6.87. The molecule has 1 aliphatic rings. The van der Waals surface area contributed by atoms with Gasteiger partial charge < -0.3 is 9.30 Å². The molecule has 2 aromatic rings. The normalized spacial score (nSPS) is 15.1. The number of benzene rings is 1. The minimum Gasteiger partial charge on any atom is -0.497 e. The summed E-state index contributed by atoms with van der Waals surface area (Å²) < 4.78 is 7.42. The highest BCUT2D eigenvalue weighted by atomic mass is 16.5. The van der Waals surface area contributed by atoms with E-state index in [0.717, 1.165) is 35.5 Å². The number of ketones is 1. The highest BCUT2D eigenvalue weighted by molar-refractivity contribution is 6.14. The molecule has 26 heavy (non-hydrogen) atoms. The van der Waals surface area contributed by atoms with Crippen molar-refractivity contribution in [3.05, 3.63) is 58.4 Å². The summed E-state index contributed by atoms with van der Waals surface area (Å²) in [6.45, 7) is 4.03. The van der Waals surface area contributed by atoms with Crippen LogP contribution in [0.4, 0.5) is 0 Å². The van der Waals surface area contributed by atoms with Crippen molar-refractivity contribution in [1.82, 2.24) is 4.57 Å². The molecular weight excluding hydrogens is 324 g/mol. The second kappa shape index (κ2) is 7.61. The molecule has 0 amide bonds. The van der Waals surface area contributed by atoms with Gasteiger partial charge in [-0.25, -0.2) is 0 Å². The number of hydrogen-bond acceptors (Lipinski definition) is 3. The van der Waals surface area contributed by atoms with Gasteiger partial charge in [0, 0.05) is 23.0 Å². The largest absolute Gasteiger partial charge is 0.497 e. The van der Waals surface area contributed by atoms with Crippen molar-refractivity contribution in [1.29, 1.82) is 5.26 Å². The van der Waals surface area contributed by atoms with Crippen LogP contribution in [0.1, 0.15) is 59.0 Å². The van der Waals surface area contributed by atoms with Crippen molar-refractivity contribution in [2.45, 2.75) is 45.6 Å². The maximum absolute atomic E-state index is 13.0. The highest BCUT2D eigenvalue weighted by Crippen LogP contribution is 2.34. The number of carbonyl (C=O) groups excluding carboxylic acids is 1. The smallest absolute Gasteiger partial charge is 0.205 e. The van der Waals surface area contributed by atoms with Crippen LogP contribution in [0.25, 0.3) is 6.08 Å². The Morgan fingerprint density at radius 3 is 2.46 bits per heavy atom. The van der Waals surface area contributed by atoms with Gasteiger partial charge in [0.2, 0.25) is 5.78 Å². The topological polar surface area (TPSA) is 55.0 Å². The number of aryl methyl sites for hydroxylation is 1. The summed E-state index contributed by atoms with van der Waals surface area (Å²) >= 11 is 0. The molecule has 0 radical (unpaired) electrons. The Hall–Kier alpha value is -2.80. The Morgan fingerprint density at radius 1 is 1.23 bits per heavy atom. The molecule has 0 unspecified atom stereocenters. The van der Waals surface area contributed by atoms with Crippen LogP contribution in [0.5, 0.6) is 5.75 Å². The van der Waals surface area contributed by atoms with E-state index in [9.17, 15) is 10.1 Å². The Kier molecular flexibility index (Phi) is 5.27. The summed E-state index contributed by atoms with van der Waals surface area (Å²) in [5, 5.41) is 9.53. The van der Waals surface area contributed by atoms with Gasteiger partial charge >= 0.3 is 0 Å². The van der Waals surface area contributed by atoms with Gasteiger partial charge in [0.15, 0.2) is 0 Å². The average Bonchev–Trinajstić information content (AvgIpc) is 3.27. The first-order valence-corrected chi connectivity index (χ1v) is 9.04. The lowest BCUT2D eigenvalue weighted by Gasteiger charge is -2.17. The van der Waals surface area contributed by atoms with Crippen LogP contribution in [0.15, 0.2) is 35.9 Å². The van der Waals surface area contributed by atoms with Crippen LogP contribution in [-0.2, 0) is 0 Å². The van der Waals surface area contributed by atoms with E-state index in [-0.39, 0.29) is 11.4 Å². The lowest BCUT2D eigenvalue weighted by Crippen LogP contribution is -2.10. The van der Waals surface area contributed by atoms with E-state index in [1.165, 1.54) is 12.8 Å². The first-order chi connectivity index (χ1) is 12.5. The number of hydrogen-bond donors (Lipinski definition) is 0. The Labute approximate surface area is 154 Å². The van der Waals surface area contributed by atoms with Crippen LogP contribution < -0.4 is 4.74 Å². The fourth-order valence-electron chi connectivity index (χ4n) is 3.89. The van der Waals surface area contributed by atoms with Crippen LogP contribution in [0.2, 0.25) is 0 Å². The zero-order valence-electron chi connectivity index (χ0n) is 15.6. The molecule has 0 spiro atoms. The Balaban J connectivity index is 1.92. The summed E-state index contributed by atoms with van der Waals surface area (Å²) in [6.07, 6.45) is 6.45. The quantitative estimate of drug-likeness (QED) is 0.433. The van der Waals surface area contributed by atoms with E-state index >= 15 is 0 Å². The van der Waals surface area contributed by atoms with Crippen molar-refractivity contribution in [3.8, 4) is 11.8 Å². The number of carbonyl (C=O) groups is 1. The fraction of sp³-hybridized carbons (Fsp3) is 0.364. The number of nitriles is 1. The minimum absolute atomic E-state index is 0.154. The number of Topliss-reactive ketones (excluding diaryl/α,β-unsaturated/α-hetero) is 1. The summed E-state index contributed by atoms with van der Waals surface area (Å²) in [4.78, 5) is 13.0. The average molecular weight is 348 g/mol. The monoisotopic (exact) mass is 348 g/mol. The maximum Gasteiger partial charge on any atom is 0.205 e. The van der Waals surface area contributed by atoms with Crippen molar-refractivity contribution < 1.29 is 9.53 Å². The molecular formula is C22H24N2O2. The SMILES string of the molecule is COc1ccc(C=C(C#N)C(=O)c2cc(C)n(C3CCCC3)c2C)cc1. The summed E-state index contributed by atoms with van der Waals surface area (Å²) in [5.41, 5.74) is 3.66.